The summed E-state index contributed by atoms with van der Waals surface area (Å²) in [6.07, 6.45) is 4.98. The Hall–Kier alpha value is -2.14. The number of halogens is 1. The molecule has 1 N–H and O–H groups in total. The van der Waals surface area contributed by atoms with E-state index in [4.69, 9.17) is 4.74 Å². The lowest BCUT2D eigenvalue weighted by Crippen LogP contribution is -2.36. The lowest BCUT2D eigenvalue weighted by Gasteiger charge is -2.26. The SMILES string of the molecule is COCC1=CCN(C(=O)Cc2c[nH]c3ccc(F)cc23)CC1. The third-order valence-corrected chi connectivity index (χ3v) is 4.06. The monoisotopic (exact) mass is 302 g/mol. The van der Waals surface area contributed by atoms with E-state index in [0.29, 0.717) is 19.7 Å². The number of hydrogen-bond acceptors (Lipinski definition) is 2. The summed E-state index contributed by atoms with van der Waals surface area (Å²) in [6.45, 7) is 1.96. The molecule has 0 unspecified atom stereocenters. The van der Waals surface area contributed by atoms with Crippen LogP contribution < -0.4 is 0 Å². The predicted octanol–water partition coefficient (Wildman–Crippen LogP) is 2.65. The van der Waals surface area contributed by atoms with Gasteiger partial charge in [-0.25, -0.2) is 4.39 Å². The summed E-state index contributed by atoms with van der Waals surface area (Å²) in [6, 6.07) is 4.58. The van der Waals surface area contributed by atoms with E-state index in [9.17, 15) is 9.18 Å². The van der Waals surface area contributed by atoms with Crippen LogP contribution in [-0.4, -0.2) is 42.6 Å². The number of nitrogens with zero attached hydrogens (tertiary/aromatic N) is 1. The zero-order chi connectivity index (χ0) is 15.5. The summed E-state index contributed by atoms with van der Waals surface area (Å²) in [5.41, 5.74) is 2.93. The molecule has 0 bridgehead atoms. The maximum absolute atomic E-state index is 13.4. The Bertz CT molecular complexity index is 721. The molecule has 0 saturated carbocycles. The molecule has 1 amide bonds. The number of benzene rings is 1. The molecule has 1 aliphatic heterocycles. The molecule has 0 saturated heterocycles. The summed E-state index contributed by atoms with van der Waals surface area (Å²) in [5, 5.41) is 0.779. The fourth-order valence-corrected chi connectivity index (χ4v) is 2.83. The highest BCUT2D eigenvalue weighted by atomic mass is 19.1. The average molecular weight is 302 g/mol. The van der Waals surface area contributed by atoms with Gasteiger partial charge in [0.1, 0.15) is 5.82 Å². The number of aromatic amines is 1. The number of carbonyl (C=O) groups is 1. The number of ether oxygens (including phenoxy) is 1. The second kappa shape index (κ2) is 6.32. The van der Waals surface area contributed by atoms with Gasteiger partial charge in [0.25, 0.3) is 0 Å². The van der Waals surface area contributed by atoms with Gasteiger partial charge in [0, 0.05) is 37.3 Å². The zero-order valence-electron chi connectivity index (χ0n) is 12.6. The molecule has 0 spiro atoms. The summed E-state index contributed by atoms with van der Waals surface area (Å²) in [5.74, 6) is -0.219. The number of aromatic nitrogens is 1. The van der Waals surface area contributed by atoms with Gasteiger partial charge in [-0.15, -0.1) is 0 Å². The number of H-pyrrole nitrogens is 1. The maximum atomic E-state index is 13.4. The van der Waals surface area contributed by atoms with Gasteiger partial charge in [-0.3, -0.25) is 4.79 Å². The summed E-state index contributed by atoms with van der Waals surface area (Å²) in [4.78, 5) is 17.3. The van der Waals surface area contributed by atoms with E-state index in [2.05, 4.69) is 11.1 Å². The average Bonchev–Trinajstić information content (AvgIpc) is 2.90. The van der Waals surface area contributed by atoms with Crippen molar-refractivity contribution in [1.82, 2.24) is 9.88 Å². The Morgan fingerprint density at radius 1 is 1.45 bits per heavy atom. The summed E-state index contributed by atoms with van der Waals surface area (Å²) in [7, 11) is 1.68. The standard InChI is InChI=1S/C17H19FN2O2/c1-22-11-12-4-6-20(7-5-12)17(21)8-13-10-19-16-3-2-14(18)9-15(13)16/h2-4,9-10,19H,5-8,11H2,1H3. The fraction of sp³-hybridized carbons (Fsp3) is 0.353. The van der Waals surface area contributed by atoms with Crippen LogP contribution >= 0.6 is 0 Å². The molecule has 5 heteroatoms. The number of fused-ring (bicyclic) bond motifs is 1. The second-order valence-electron chi connectivity index (χ2n) is 5.57. The number of rotatable bonds is 4. The molecule has 2 aromatic rings. The minimum atomic E-state index is -0.286. The third-order valence-electron chi connectivity index (χ3n) is 4.06. The second-order valence-corrected chi connectivity index (χ2v) is 5.57. The first kappa shape index (κ1) is 14.8. The van der Waals surface area contributed by atoms with Gasteiger partial charge < -0.3 is 14.6 Å². The normalized spacial score (nSPS) is 15.2. The van der Waals surface area contributed by atoms with Gasteiger partial charge in [-0.2, -0.15) is 0 Å². The Morgan fingerprint density at radius 2 is 2.32 bits per heavy atom. The molecule has 4 nitrogen and oxygen atoms in total. The van der Waals surface area contributed by atoms with Gasteiger partial charge >= 0.3 is 0 Å². The molecular weight excluding hydrogens is 283 g/mol. The van der Waals surface area contributed by atoms with Crippen molar-refractivity contribution in [3.8, 4) is 0 Å². The Labute approximate surface area is 128 Å². The van der Waals surface area contributed by atoms with Crippen LogP contribution in [0.5, 0.6) is 0 Å². The van der Waals surface area contributed by atoms with Crippen molar-refractivity contribution in [2.75, 3.05) is 26.8 Å². The highest BCUT2D eigenvalue weighted by Gasteiger charge is 2.18. The van der Waals surface area contributed by atoms with E-state index < -0.39 is 0 Å². The van der Waals surface area contributed by atoms with Crippen molar-refractivity contribution in [3.05, 3.63) is 47.4 Å². The van der Waals surface area contributed by atoms with E-state index in [-0.39, 0.29) is 18.1 Å². The molecule has 0 aliphatic carbocycles. The maximum Gasteiger partial charge on any atom is 0.227 e. The van der Waals surface area contributed by atoms with Crippen LogP contribution in [-0.2, 0) is 16.0 Å². The molecule has 1 aliphatic rings. The molecule has 0 atom stereocenters. The van der Waals surface area contributed by atoms with E-state index in [1.54, 1.807) is 19.4 Å². The first-order chi connectivity index (χ1) is 10.7. The molecule has 1 aromatic carbocycles. The summed E-state index contributed by atoms with van der Waals surface area (Å²) >= 11 is 0. The van der Waals surface area contributed by atoms with E-state index in [1.807, 2.05) is 4.90 Å². The highest BCUT2D eigenvalue weighted by Crippen LogP contribution is 2.21. The molecule has 22 heavy (non-hydrogen) atoms. The van der Waals surface area contributed by atoms with Crippen molar-refractivity contribution < 1.29 is 13.9 Å². The van der Waals surface area contributed by atoms with Crippen molar-refractivity contribution in [3.63, 3.8) is 0 Å². The first-order valence-corrected chi connectivity index (χ1v) is 7.37. The first-order valence-electron chi connectivity index (χ1n) is 7.37. The Morgan fingerprint density at radius 3 is 3.05 bits per heavy atom. The quantitative estimate of drug-likeness (QED) is 0.883. The van der Waals surface area contributed by atoms with Crippen molar-refractivity contribution in [2.24, 2.45) is 0 Å². The minimum absolute atomic E-state index is 0.0675. The van der Waals surface area contributed by atoms with Gasteiger partial charge in [-0.1, -0.05) is 6.08 Å². The molecule has 0 fully saturated rings. The number of nitrogens with one attached hydrogen (secondary N) is 1. The third kappa shape index (κ3) is 3.04. The zero-order valence-corrected chi connectivity index (χ0v) is 12.6. The van der Waals surface area contributed by atoms with Gasteiger partial charge in [-0.05, 0) is 35.8 Å². The van der Waals surface area contributed by atoms with Crippen molar-refractivity contribution >= 4 is 16.8 Å². The van der Waals surface area contributed by atoms with Gasteiger partial charge in [0.05, 0.1) is 13.0 Å². The van der Waals surface area contributed by atoms with Crippen LogP contribution in [0.25, 0.3) is 10.9 Å². The molecule has 116 valence electrons. The van der Waals surface area contributed by atoms with E-state index in [0.717, 1.165) is 22.9 Å². The molecular formula is C17H19FN2O2. The van der Waals surface area contributed by atoms with Gasteiger partial charge in [0.15, 0.2) is 0 Å². The summed E-state index contributed by atoms with van der Waals surface area (Å²) < 4.78 is 18.5. The Balaban J connectivity index is 1.70. The van der Waals surface area contributed by atoms with Crippen LogP contribution in [0.1, 0.15) is 12.0 Å². The van der Waals surface area contributed by atoms with E-state index >= 15 is 0 Å². The topological polar surface area (TPSA) is 45.3 Å². The van der Waals surface area contributed by atoms with E-state index in [1.165, 1.54) is 17.7 Å². The number of carbonyl (C=O) groups excluding carboxylic acids is 1. The highest BCUT2D eigenvalue weighted by molar-refractivity contribution is 5.89. The largest absolute Gasteiger partial charge is 0.380 e. The van der Waals surface area contributed by atoms with Crippen LogP contribution in [0, 0.1) is 5.82 Å². The number of amides is 1. The fourth-order valence-electron chi connectivity index (χ4n) is 2.83. The van der Waals surface area contributed by atoms with Crippen LogP contribution in [0.2, 0.25) is 0 Å². The predicted molar refractivity (Wildman–Crippen MR) is 83.1 cm³/mol. The van der Waals surface area contributed by atoms with Gasteiger partial charge in [0.2, 0.25) is 5.91 Å². The molecule has 0 radical (unpaired) electrons. The van der Waals surface area contributed by atoms with Crippen LogP contribution in [0.15, 0.2) is 36.0 Å². The lowest BCUT2D eigenvalue weighted by molar-refractivity contribution is -0.130. The smallest absolute Gasteiger partial charge is 0.227 e. The molecule has 2 heterocycles. The van der Waals surface area contributed by atoms with Crippen molar-refractivity contribution in [2.45, 2.75) is 12.8 Å². The number of hydrogen-bond donors (Lipinski definition) is 1. The number of methoxy groups -OCH3 is 1. The molecule has 1 aromatic heterocycles. The minimum Gasteiger partial charge on any atom is -0.380 e. The van der Waals surface area contributed by atoms with Crippen LogP contribution in [0.3, 0.4) is 0 Å². The lowest BCUT2D eigenvalue weighted by atomic mass is 10.1. The van der Waals surface area contributed by atoms with Crippen LogP contribution in [0.4, 0.5) is 4.39 Å². The molecule has 3 rings (SSSR count). The van der Waals surface area contributed by atoms with Crippen molar-refractivity contribution in [1.29, 1.82) is 0 Å². The Kier molecular flexibility index (Phi) is 4.24.